The van der Waals surface area contributed by atoms with E-state index in [2.05, 4.69) is 15.5 Å². The van der Waals surface area contributed by atoms with Crippen molar-refractivity contribution in [2.24, 2.45) is 10.2 Å². The summed E-state index contributed by atoms with van der Waals surface area (Å²) in [5.74, 6) is 0.524. The van der Waals surface area contributed by atoms with Crippen LogP contribution in [0.25, 0.3) is 10.8 Å². The molecule has 0 aliphatic carbocycles. The molecule has 2 aromatic carbocycles. The Kier molecular flexibility index (Phi) is 3.87. The molecular weight excluding hydrogens is 278 g/mol. The maximum Gasteiger partial charge on any atom is 0.413 e. The van der Waals surface area contributed by atoms with Crippen molar-refractivity contribution in [2.45, 2.75) is 26.4 Å². The third kappa shape index (κ3) is 2.98. The van der Waals surface area contributed by atoms with Gasteiger partial charge >= 0.3 is 6.09 Å². The molecule has 0 saturated carbocycles. The lowest BCUT2D eigenvalue weighted by molar-refractivity contribution is 0.0967. The highest BCUT2D eigenvalue weighted by Gasteiger charge is 2.27. The maximum atomic E-state index is 11.8. The van der Waals surface area contributed by atoms with Crippen LogP contribution in [0.2, 0.25) is 0 Å². The van der Waals surface area contributed by atoms with Crippen LogP contribution in [0.15, 0.2) is 52.7 Å². The quantitative estimate of drug-likeness (QED) is 0.676. The van der Waals surface area contributed by atoms with Crippen molar-refractivity contribution >= 4 is 28.4 Å². The summed E-state index contributed by atoms with van der Waals surface area (Å²) >= 11 is 0. The number of carbonyl (C=O) groups excluding carboxylic acids is 1. The van der Waals surface area contributed by atoms with Crippen molar-refractivity contribution in [1.82, 2.24) is 5.32 Å². The Bertz CT molecular complexity index is 771. The molecule has 0 radical (unpaired) electrons. The summed E-state index contributed by atoms with van der Waals surface area (Å²) in [6.45, 7) is 3.71. The molecule has 1 saturated heterocycles. The van der Waals surface area contributed by atoms with Crippen molar-refractivity contribution < 1.29 is 9.53 Å². The lowest BCUT2D eigenvalue weighted by Crippen LogP contribution is -2.39. The second-order valence-corrected chi connectivity index (χ2v) is 5.39. The van der Waals surface area contributed by atoms with Gasteiger partial charge in [0.25, 0.3) is 0 Å². The first-order chi connectivity index (χ1) is 10.6. The predicted octanol–water partition coefficient (Wildman–Crippen LogP) is 3.81. The number of nitrogens with zero attached hydrogens (tertiary/aromatic N) is 2. The largest absolute Gasteiger partial charge is 0.441 e. The first kappa shape index (κ1) is 14.3. The van der Waals surface area contributed by atoms with E-state index in [-0.39, 0.29) is 6.10 Å². The predicted molar refractivity (Wildman–Crippen MR) is 87.1 cm³/mol. The van der Waals surface area contributed by atoms with Crippen LogP contribution in [0.5, 0.6) is 0 Å². The number of benzene rings is 2. The number of hydrogen-bond donors (Lipinski definition) is 1. The van der Waals surface area contributed by atoms with Gasteiger partial charge in [0.1, 0.15) is 11.9 Å². The topological polar surface area (TPSA) is 63.1 Å². The van der Waals surface area contributed by atoms with Crippen LogP contribution < -0.4 is 5.32 Å². The van der Waals surface area contributed by atoms with Gasteiger partial charge in [-0.05, 0) is 24.6 Å². The molecule has 112 valence electrons. The Morgan fingerprint density at radius 1 is 1.18 bits per heavy atom. The van der Waals surface area contributed by atoms with Crippen molar-refractivity contribution in [3.63, 3.8) is 0 Å². The van der Waals surface area contributed by atoms with E-state index in [0.29, 0.717) is 12.3 Å². The Labute approximate surface area is 128 Å². The van der Waals surface area contributed by atoms with Crippen LogP contribution in [0.3, 0.4) is 0 Å². The fourth-order valence-corrected chi connectivity index (χ4v) is 2.48. The smallest absolute Gasteiger partial charge is 0.413 e. The van der Waals surface area contributed by atoms with Crippen molar-refractivity contribution in [3.05, 3.63) is 48.0 Å². The van der Waals surface area contributed by atoms with Crippen molar-refractivity contribution in [1.29, 1.82) is 0 Å². The Balaban J connectivity index is 1.98. The summed E-state index contributed by atoms with van der Waals surface area (Å²) < 4.78 is 5.44. The summed E-state index contributed by atoms with van der Waals surface area (Å²) in [6.07, 6.45) is -0.367. The number of ether oxygens (including phenoxy) is 1. The van der Waals surface area contributed by atoms with E-state index in [0.717, 1.165) is 22.0 Å². The minimum atomic E-state index is -0.494. The summed E-state index contributed by atoms with van der Waals surface area (Å²) in [6, 6.07) is 14.0. The van der Waals surface area contributed by atoms with E-state index < -0.39 is 6.09 Å². The molecule has 1 aliphatic rings. The van der Waals surface area contributed by atoms with Crippen molar-refractivity contribution in [3.8, 4) is 0 Å². The highest BCUT2D eigenvalue weighted by atomic mass is 16.6. The number of rotatable bonds is 2. The van der Waals surface area contributed by atoms with Gasteiger partial charge in [-0.3, -0.25) is 5.32 Å². The van der Waals surface area contributed by atoms with Crippen LogP contribution in [0.1, 0.15) is 31.9 Å². The number of fused-ring (bicyclic) bond motifs is 1. The first-order valence-corrected chi connectivity index (χ1v) is 7.16. The molecular formula is C17H17N3O2. The molecule has 2 aromatic rings. The molecule has 0 bridgehead atoms. The zero-order valence-corrected chi connectivity index (χ0v) is 12.5. The number of carbonyl (C=O) groups is 1. The van der Waals surface area contributed by atoms with E-state index in [4.69, 9.17) is 4.74 Å². The van der Waals surface area contributed by atoms with Crippen LogP contribution in [-0.4, -0.2) is 17.6 Å². The first-order valence-electron chi connectivity index (χ1n) is 7.16. The van der Waals surface area contributed by atoms with Gasteiger partial charge in [0.2, 0.25) is 0 Å². The Morgan fingerprint density at radius 3 is 2.77 bits per heavy atom. The molecule has 0 aromatic heterocycles. The van der Waals surface area contributed by atoms with Gasteiger partial charge in [0, 0.05) is 17.7 Å². The number of amides is 1. The number of alkyl carbamates (subject to hydrolysis) is 1. The third-order valence-corrected chi connectivity index (χ3v) is 3.42. The maximum absolute atomic E-state index is 11.8. The number of hydrogen-bond acceptors (Lipinski definition) is 4. The van der Waals surface area contributed by atoms with E-state index in [9.17, 15) is 4.79 Å². The molecule has 1 unspecified atom stereocenters. The standard InChI is InChI=1S/C17H17N3O2/c1-11(2)19-20-16-10-15(22-17(21)18-16)14-9-5-7-12-6-3-4-8-13(12)14/h3-9,15H,10H2,1-2H3,(H,18,20,21). The summed E-state index contributed by atoms with van der Waals surface area (Å²) in [7, 11) is 0. The van der Waals surface area contributed by atoms with E-state index in [1.807, 2.05) is 56.3 Å². The lowest BCUT2D eigenvalue weighted by Gasteiger charge is -2.25. The minimum Gasteiger partial charge on any atom is -0.441 e. The van der Waals surface area contributed by atoms with E-state index >= 15 is 0 Å². The fraction of sp³-hybridized carbons (Fsp3) is 0.235. The van der Waals surface area contributed by atoms with Crippen LogP contribution in [-0.2, 0) is 4.74 Å². The lowest BCUT2D eigenvalue weighted by atomic mass is 9.98. The van der Waals surface area contributed by atoms with Gasteiger partial charge in [-0.2, -0.15) is 5.10 Å². The third-order valence-electron chi connectivity index (χ3n) is 3.42. The minimum absolute atomic E-state index is 0.356. The molecule has 5 nitrogen and oxygen atoms in total. The van der Waals surface area contributed by atoms with E-state index in [1.165, 1.54) is 0 Å². The zero-order valence-electron chi connectivity index (χ0n) is 12.5. The monoisotopic (exact) mass is 295 g/mol. The summed E-state index contributed by atoms with van der Waals surface area (Å²) in [5.41, 5.74) is 1.81. The molecule has 1 heterocycles. The summed E-state index contributed by atoms with van der Waals surface area (Å²) in [5, 5.41) is 12.9. The molecule has 1 atom stereocenters. The SMILES string of the molecule is CC(C)=N/N=C1\CC(c2cccc3ccccc23)OC(=O)N1. The van der Waals surface area contributed by atoms with Crippen LogP contribution in [0.4, 0.5) is 4.79 Å². The number of cyclic esters (lactones) is 1. The van der Waals surface area contributed by atoms with Crippen molar-refractivity contribution in [2.75, 3.05) is 0 Å². The fourth-order valence-electron chi connectivity index (χ4n) is 2.48. The Hall–Kier alpha value is -2.69. The van der Waals surface area contributed by atoms with Gasteiger partial charge < -0.3 is 4.74 Å². The Morgan fingerprint density at radius 2 is 1.95 bits per heavy atom. The van der Waals surface area contributed by atoms with Gasteiger partial charge in [-0.25, -0.2) is 4.79 Å². The van der Waals surface area contributed by atoms with E-state index in [1.54, 1.807) is 0 Å². The van der Waals surface area contributed by atoms with Gasteiger partial charge in [-0.15, -0.1) is 5.10 Å². The molecule has 1 amide bonds. The molecule has 1 aliphatic heterocycles. The summed E-state index contributed by atoms with van der Waals surface area (Å²) in [4.78, 5) is 11.8. The second-order valence-electron chi connectivity index (χ2n) is 5.39. The normalized spacial score (nSPS) is 19.6. The van der Waals surface area contributed by atoms with Crippen LogP contribution in [0, 0.1) is 0 Å². The highest BCUT2D eigenvalue weighted by Crippen LogP contribution is 2.30. The average molecular weight is 295 g/mol. The van der Waals surface area contributed by atoms with Gasteiger partial charge in [-0.1, -0.05) is 42.5 Å². The molecule has 0 spiro atoms. The highest BCUT2D eigenvalue weighted by molar-refractivity contribution is 5.98. The average Bonchev–Trinajstić information content (AvgIpc) is 2.52. The van der Waals surface area contributed by atoms with Gasteiger partial charge in [0.05, 0.1) is 0 Å². The number of nitrogens with one attached hydrogen (secondary N) is 1. The molecule has 5 heteroatoms. The zero-order chi connectivity index (χ0) is 15.5. The molecule has 1 fully saturated rings. The van der Waals surface area contributed by atoms with Crippen LogP contribution >= 0.6 is 0 Å². The second kappa shape index (κ2) is 5.97. The molecule has 22 heavy (non-hydrogen) atoms. The number of amidine groups is 1. The van der Waals surface area contributed by atoms with Gasteiger partial charge in [0.15, 0.2) is 0 Å². The molecule has 1 N–H and O–H groups in total. The molecule has 3 rings (SSSR count).